The lowest BCUT2D eigenvalue weighted by atomic mass is 10.2. The average Bonchev–Trinajstić information content (AvgIpc) is 3.21. The SMILES string of the molecule is Cc1cccc(CSc2nnc(CNC(=O)c3ccccc3)n2-c2cc(Cl)ccc2C)c1. The molecule has 0 aliphatic heterocycles. The lowest BCUT2D eigenvalue weighted by Crippen LogP contribution is -2.24. The van der Waals surface area contributed by atoms with Gasteiger partial charge in [0.2, 0.25) is 0 Å². The van der Waals surface area contributed by atoms with E-state index in [0.29, 0.717) is 16.4 Å². The summed E-state index contributed by atoms with van der Waals surface area (Å²) in [5.74, 6) is 1.25. The molecule has 0 spiro atoms. The van der Waals surface area contributed by atoms with Crippen LogP contribution in [0.1, 0.15) is 32.9 Å². The Morgan fingerprint density at radius 3 is 2.59 bits per heavy atom. The summed E-state index contributed by atoms with van der Waals surface area (Å²) in [6.07, 6.45) is 0. The van der Waals surface area contributed by atoms with Crippen LogP contribution in [0.5, 0.6) is 0 Å². The third kappa shape index (κ3) is 5.21. The first-order valence-corrected chi connectivity index (χ1v) is 11.6. The van der Waals surface area contributed by atoms with Crippen LogP contribution in [0.2, 0.25) is 5.02 Å². The summed E-state index contributed by atoms with van der Waals surface area (Å²) in [5.41, 5.74) is 4.98. The van der Waals surface area contributed by atoms with Gasteiger partial charge in [-0.05, 0) is 49.2 Å². The van der Waals surface area contributed by atoms with Crippen molar-refractivity contribution in [3.63, 3.8) is 0 Å². The zero-order chi connectivity index (χ0) is 22.5. The van der Waals surface area contributed by atoms with Crippen molar-refractivity contribution >= 4 is 29.3 Å². The highest BCUT2D eigenvalue weighted by molar-refractivity contribution is 7.98. The van der Waals surface area contributed by atoms with E-state index in [1.54, 1.807) is 23.9 Å². The van der Waals surface area contributed by atoms with Crippen molar-refractivity contribution in [2.24, 2.45) is 0 Å². The molecule has 1 N–H and O–H groups in total. The maximum atomic E-state index is 12.5. The van der Waals surface area contributed by atoms with Gasteiger partial charge in [-0.15, -0.1) is 10.2 Å². The molecule has 1 heterocycles. The van der Waals surface area contributed by atoms with Crippen LogP contribution in [-0.2, 0) is 12.3 Å². The molecule has 0 fully saturated rings. The number of aromatic nitrogens is 3. The van der Waals surface area contributed by atoms with Gasteiger partial charge in [-0.2, -0.15) is 0 Å². The maximum absolute atomic E-state index is 12.5. The Labute approximate surface area is 196 Å². The maximum Gasteiger partial charge on any atom is 0.251 e. The summed E-state index contributed by atoms with van der Waals surface area (Å²) in [6.45, 7) is 4.35. The van der Waals surface area contributed by atoms with Gasteiger partial charge in [0.15, 0.2) is 11.0 Å². The average molecular weight is 463 g/mol. The first kappa shape index (κ1) is 22.1. The molecule has 0 saturated carbocycles. The molecule has 0 unspecified atom stereocenters. The second kappa shape index (κ2) is 10.0. The Morgan fingerprint density at radius 1 is 1.00 bits per heavy atom. The van der Waals surface area contributed by atoms with E-state index in [9.17, 15) is 4.79 Å². The number of amides is 1. The number of hydrogen-bond donors (Lipinski definition) is 1. The van der Waals surface area contributed by atoms with E-state index in [0.717, 1.165) is 22.2 Å². The van der Waals surface area contributed by atoms with Crippen LogP contribution < -0.4 is 5.32 Å². The zero-order valence-corrected chi connectivity index (χ0v) is 19.5. The van der Waals surface area contributed by atoms with Crippen LogP contribution in [0.25, 0.3) is 5.69 Å². The quantitative estimate of drug-likeness (QED) is 0.355. The van der Waals surface area contributed by atoms with Crippen molar-refractivity contribution in [1.82, 2.24) is 20.1 Å². The van der Waals surface area contributed by atoms with E-state index < -0.39 is 0 Å². The van der Waals surface area contributed by atoms with E-state index in [-0.39, 0.29) is 12.5 Å². The van der Waals surface area contributed by atoms with E-state index >= 15 is 0 Å². The highest BCUT2D eigenvalue weighted by atomic mass is 35.5. The topological polar surface area (TPSA) is 59.8 Å². The van der Waals surface area contributed by atoms with E-state index in [1.165, 1.54) is 11.1 Å². The van der Waals surface area contributed by atoms with Gasteiger partial charge >= 0.3 is 0 Å². The third-order valence-electron chi connectivity index (χ3n) is 5.01. The highest BCUT2D eigenvalue weighted by Gasteiger charge is 2.18. The predicted molar refractivity (Wildman–Crippen MR) is 129 cm³/mol. The molecule has 3 aromatic carbocycles. The lowest BCUT2D eigenvalue weighted by molar-refractivity contribution is 0.0949. The number of hydrogen-bond acceptors (Lipinski definition) is 4. The zero-order valence-electron chi connectivity index (χ0n) is 17.9. The van der Waals surface area contributed by atoms with Crippen molar-refractivity contribution < 1.29 is 4.79 Å². The van der Waals surface area contributed by atoms with Crippen molar-refractivity contribution in [2.75, 3.05) is 0 Å². The molecule has 0 atom stereocenters. The molecule has 0 bridgehead atoms. The molecule has 1 amide bonds. The summed E-state index contributed by atoms with van der Waals surface area (Å²) in [4.78, 5) is 12.5. The number of carbonyl (C=O) groups is 1. The number of nitrogens with one attached hydrogen (secondary N) is 1. The smallest absolute Gasteiger partial charge is 0.251 e. The summed E-state index contributed by atoms with van der Waals surface area (Å²) < 4.78 is 1.98. The summed E-state index contributed by atoms with van der Waals surface area (Å²) in [5, 5.41) is 13.2. The van der Waals surface area contributed by atoms with Gasteiger partial charge in [0, 0.05) is 16.3 Å². The van der Waals surface area contributed by atoms with E-state index in [2.05, 4.69) is 46.7 Å². The van der Waals surface area contributed by atoms with Crippen molar-refractivity contribution in [2.45, 2.75) is 31.3 Å². The second-order valence-corrected chi connectivity index (χ2v) is 8.87. The Bertz CT molecular complexity index is 1240. The summed E-state index contributed by atoms with van der Waals surface area (Å²) in [7, 11) is 0. The summed E-state index contributed by atoms with van der Waals surface area (Å²) in [6, 6.07) is 23.3. The predicted octanol–water partition coefficient (Wildman–Crippen LogP) is 5.76. The van der Waals surface area contributed by atoms with E-state index in [1.807, 2.05) is 47.9 Å². The molecular formula is C25H23ClN4OS. The molecule has 5 nitrogen and oxygen atoms in total. The first-order valence-electron chi connectivity index (χ1n) is 10.2. The molecule has 0 radical (unpaired) electrons. The minimum absolute atomic E-state index is 0.156. The van der Waals surface area contributed by atoms with Crippen molar-refractivity contribution in [3.8, 4) is 5.69 Å². The standard InChI is InChI=1S/C25H23ClN4OS/c1-17-7-6-8-19(13-17)16-32-25-29-28-23(15-27-24(31)20-9-4-3-5-10-20)30(25)22-14-21(26)12-11-18(22)2/h3-14H,15-16H2,1-2H3,(H,27,31). The Balaban J connectivity index is 1.62. The largest absolute Gasteiger partial charge is 0.345 e. The molecule has 0 aliphatic rings. The highest BCUT2D eigenvalue weighted by Crippen LogP contribution is 2.28. The Kier molecular flexibility index (Phi) is 6.93. The second-order valence-electron chi connectivity index (χ2n) is 7.49. The monoisotopic (exact) mass is 462 g/mol. The van der Waals surface area contributed by atoms with Gasteiger partial charge in [0.1, 0.15) is 0 Å². The number of halogens is 1. The molecule has 1 aromatic heterocycles. The number of carbonyl (C=O) groups excluding carboxylic acids is 1. The molecule has 7 heteroatoms. The van der Waals surface area contributed by atoms with E-state index in [4.69, 9.17) is 11.6 Å². The van der Waals surface area contributed by atoms with Crippen molar-refractivity contribution in [1.29, 1.82) is 0 Å². The molecule has 162 valence electrons. The lowest BCUT2D eigenvalue weighted by Gasteiger charge is -2.14. The van der Waals surface area contributed by atoms with Gasteiger partial charge < -0.3 is 5.32 Å². The minimum Gasteiger partial charge on any atom is -0.345 e. The summed E-state index contributed by atoms with van der Waals surface area (Å²) >= 11 is 7.91. The molecule has 32 heavy (non-hydrogen) atoms. The van der Waals surface area contributed by atoms with Crippen LogP contribution in [0.15, 0.2) is 78.0 Å². The van der Waals surface area contributed by atoms with Gasteiger partial charge in [-0.3, -0.25) is 9.36 Å². The van der Waals surface area contributed by atoms with Gasteiger partial charge in [-0.1, -0.05) is 77.5 Å². The van der Waals surface area contributed by atoms with Gasteiger partial charge in [0.05, 0.1) is 12.2 Å². The molecule has 4 rings (SSSR count). The van der Waals surface area contributed by atoms with Crippen LogP contribution in [0, 0.1) is 13.8 Å². The Morgan fingerprint density at radius 2 is 1.81 bits per heavy atom. The number of benzene rings is 3. The van der Waals surface area contributed by atoms with Crippen LogP contribution >= 0.6 is 23.4 Å². The third-order valence-corrected chi connectivity index (χ3v) is 6.24. The normalized spacial score (nSPS) is 10.8. The molecule has 4 aromatic rings. The molecule has 0 saturated heterocycles. The number of nitrogens with zero attached hydrogens (tertiary/aromatic N) is 3. The van der Waals surface area contributed by atoms with Gasteiger partial charge in [-0.25, -0.2) is 0 Å². The number of aryl methyl sites for hydroxylation is 2. The molecular weight excluding hydrogens is 440 g/mol. The van der Waals surface area contributed by atoms with Crippen LogP contribution in [0.3, 0.4) is 0 Å². The molecule has 0 aliphatic carbocycles. The minimum atomic E-state index is -0.156. The fourth-order valence-corrected chi connectivity index (χ4v) is 4.45. The number of rotatable bonds is 7. The van der Waals surface area contributed by atoms with Crippen molar-refractivity contribution in [3.05, 3.63) is 106 Å². The van der Waals surface area contributed by atoms with Crippen LogP contribution in [0.4, 0.5) is 0 Å². The number of thioether (sulfide) groups is 1. The fraction of sp³-hybridized carbons (Fsp3) is 0.160. The first-order chi connectivity index (χ1) is 15.5. The fourth-order valence-electron chi connectivity index (χ4n) is 3.37. The Hall–Kier alpha value is -3.09. The van der Waals surface area contributed by atoms with Gasteiger partial charge in [0.25, 0.3) is 5.91 Å². The van der Waals surface area contributed by atoms with Crippen LogP contribution in [-0.4, -0.2) is 20.7 Å².